The van der Waals surface area contributed by atoms with Gasteiger partial charge in [0.05, 0.1) is 12.6 Å². The highest BCUT2D eigenvalue weighted by molar-refractivity contribution is 5.82. The lowest BCUT2D eigenvalue weighted by atomic mass is 10.2. The molecule has 16 heavy (non-hydrogen) atoms. The minimum absolute atomic E-state index is 0.01000. The second-order valence-corrected chi connectivity index (χ2v) is 3.58. The number of urea groups is 1. The lowest BCUT2D eigenvalue weighted by molar-refractivity contribution is -0.139. The van der Waals surface area contributed by atoms with Crippen molar-refractivity contribution in [3.05, 3.63) is 0 Å². The molecule has 0 radical (unpaired) electrons. The van der Waals surface area contributed by atoms with Crippen LogP contribution in [-0.2, 0) is 9.53 Å². The van der Waals surface area contributed by atoms with E-state index >= 15 is 0 Å². The molecule has 0 aliphatic carbocycles. The molecule has 2 atom stereocenters. The van der Waals surface area contributed by atoms with Gasteiger partial charge in [0.25, 0.3) is 0 Å². The third-order valence-electron chi connectivity index (χ3n) is 2.29. The number of carbonyl (C=O) groups excluding carboxylic acids is 1. The van der Waals surface area contributed by atoms with E-state index < -0.39 is 18.0 Å². The number of carboxylic acids is 1. The number of carboxylic acid groups (broad SMARTS) is 1. The summed E-state index contributed by atoms with van der Waals surface area (Å²) in [6.07, 6.45) is 0.717. The Kier molecular flexibility index (Phi) is 5.00. The van der Waals surface area contributed by atoms with Crippen molar-refractivity contribution in [2.75, 3.05) is 19.8 Å². The smallest absolute Gasteiger partial charge is 0.326 e. The maximum absolute atomic E-state index is 11.4. The maximum Gasteiger partial charge on any atom is 0.326 e. The van der Waals surface area contributed by atoms with Gasteiger partial charge in [0.2, 0.25) is 0 Å². The monoisotopic (exact) mass is 232 g/mol. The molecule has 92 valence electrons. The predicted octanol–water partition coefficient (Wildman–Crippen LogP) is -1.09. The van der Waals surface area contributed by atoms with E-state index in [0.29, 0.717) is 13.2 Å². The van der Waals surface area contributed by atoms with E-state index in [2.05, 4.69) is 10.6 Å². The van der Waals surface area contributed by atoms with Crippen LogP contribution in [0, 0.1) is 0 Å². The minimum atomic E-state index is -1.16. The quantitative estimate of drug-likeness (QED) is 0.481. The van der Waals surface area contributed by atoms with Gasteiger partial charge in [-0.2, -0.15) is 0 Å². The maximum atomic E-state index is 11.4. The van der Waals surface area contributed by atoms with Gasteiger partial charge in [0.15, 0.2) is 0 Å². The van der Waals surface area contributed by atoms with Crippen LogP contribution in [0.4, 0.5) is 4.79 Å². The number of carbonyl (C=O) groups is 2. The summed E-state index contributed by atoms with van der Waals surface area (Å²) in [6, 6.07) is -1.67. The van der Waals surface area contributed by atoms with Gasteiger partial charge in [-0.3, -0.25) is 0 Å². The molecule has 0 aromatic heterocycles. The molecule has 1 aliphatic rings. The Balaban J connectivity index is 2.32. The molecule has 4 N–H and O–H groups in total. The largest absolute Gasteiger partial charge is 0.480 e. The predicted molar refractivity (Wildman–Crippen MR) is 54.0 cm³/mol. The first kappa shape index (κ1) is 12.7. The van der Waals surface area contributed by atoms with Crippen molar-refractivity contribution in [2.24, 2.45) is 0 Å². The van der Waals surface area contributed by atoms with Gasteiger partial charge in [-0.05, 0) is 6.42 Å². The van der Waals surface area contributed by atoms with Crippen molar-refractivity contribution in [3.63, 3.8) is 0 Å². The van der Waals surface area contributed by atoms with Crippen molar-refractivity contribution >= 4 is 12.0 Å². The van der Waals surface area contributed by atoms with E-state index in [4.69, 9.17) is 14.9 Å². The molecule has 1 fully saturated rings. The molecular formula is C9H16N2O5. The summed E-state index contributed by atoms with van der Waals surface area (Å²) >= 11 is 0. The van der Waals surface area contributed by atoms with Gasteiger partial charge in [-0.15, -0.1) is 0 Å². The Bertz CT molecular complexity index is 252. The fraction of sp³-hybridized carbons (Fsp3) is 0.778. The first-order valence-electron chi connectivity index (χ1n) is 5.12. The number of rotatable bonds is 5. The number of hydrogen-bond donors (Lipinski definition) is 4. The van der Waals surface area contributed by atoms with Gasteiger partial charge in [-0.25, -0.2) is 9.59 Å². The number of hydrogen-bond acceptors (Lipinski definition) is 4. The summed E-state index contributed by atoms with van der Waals surface area (Å²) in [6.45, 7) is 0.763. The molecular weight excluding hydrogens is 216 g/mol. The highest BCUT2D eigenvalue weighted by atomic mass is 16.5. The first-order valence-corrected chi connectivity index (χ1v) is 5.12. The van der Waals surface area contributed by atoms with Gasteiger partial charge < -0.3 is 25.6 Å². The Morgan fingerprint density at radius 2 is 2.25 bits per heavy atom. The summed E-state index contributed by atoms with van der Waals surface area (Å²) < 4.78 is 5.06. The van der Waals surface area contributed by atoms with Crippen LogP contribution in [-0.4, -0.2) is 54.1 Å². The first-order chi connectivity index (χ1) is 7.63. The number of aliphatic carboxylic acids is 1. The summed E-state index contributed by atoms with van der Waals surface area (Å²) in [5.74, 6) is -1.16. The van der Waals surface area contributed by atoms with Crippen LogP contribution in [0.5, 0.6) is 0 Å². The van der Waals surface area contributed by atoms with E-state index in [0.717, 1.165) is 6.42 Å². The van der Waals surface area contributed by atoms with Gasteiger partial charge in [-0.1, -0.05) is 0 Å². The molecule has 1 saturated heterocycles. The van der Waals surface area contributed by atoms with Crippen LogP contribution < -0.4 is 10.6 Å². The molecule has 0 aromatic rings. The highest BCUT2D eigenvalue weighted by Crippen LogP contribution is 2.02. The molecule has 0 aromatic carbocycles. The number of amides is 2. The van der Waals surface area contributed by atoms with Crippen LogP contribution in [0.25, 0.3) is 0 Å². The molecule has 0 saturated carbocycles. The zero-order valence-electron chi connectivity index (χ0n) is 8.81. The number of nitrogens with one attached hydrogen (secondary N) is 2. The second-order valence-electron chi connectivity index (χ2n) is 3.58. The van der Waals surface area contributed by atoms with Crippen LogP contribution >= 0.6 is 0 Å². The van der Waals surface area contributed by atoms with Crippen LogP contribution in [0.3, 0.4) is 0 Å². The normalized spacial score (nSPS) is 21.4. The summed E-state index contributed by atoms with van der Waals surface area (Å²) in [7, 11) is 0. The average Bonchev–Trinajstić information content (AvgIpc) is 2.69. The molecule has 0 bridgehead atoms. The van der Waals surface area contributed by atoms with Crippen molar-refractivity contribution in [1.29, 1.82) is 0 Å². The van der Waals surface area contributed by atoms with Crippen LogP contribution in [0.1, 0.15) is 12.8 Å². The van der Waals surface area contributed by atoms with Crippen molar-refractivity contribution in [2.45, 2.75) is 24.9 Å². The van der Waals surface area contributed by atoms with Crippen molar-refractivity contribution < 1.29 is 24.5 Å². The topological polar surface area (TPSA) is 108 Å². The fourth-order valence-electron chi connectivity index (χ4n) is 1.42. The summed E-state index contributed by atoms with van der Waals surface area (Å²) in [5.41, 5.74) is 0. The third-order valence-corrected chi connectivity index (χ3v) is 2.29. The molecule has 2 amide bonds. The number of aliphatic hydroxyl groups excluding tert-OH is 1. The van der Waals surface area contributed by atoms with E-state index in [1.165, 1.54) is 0 Å². The van der Waals surface area contributed by atoms with Gasteiger partial charge >= 0.3 is 12.0 Å². The Morgan fingerprint density at radius 3 is 2.75 bits per heavy atom. The van der Waals surface area contributed by atoms with E-state index in [1.807, 2.05) is 0 Å². The minimum Gasteiger partial charge on any atom is -0.480 e. The molecule has 1 rings (SSSR count). The average molecular weight is 232 g/mol. The zero-order valence-corrected chi connectivity index (χ0v) is 8.81. The SMILES string of the molecule is O=C(NC1CCOC1)N[C@@H](CCO)C(=O)O. The van der Waals surface area contributed by atoms with Gasteiger partial charge in [0.1, 0.15) is 6.04 Å². The summed E-state index contributed by atoms with van der Waals surface area (Å²) in [5, 5.41) is 22.2. The molecule has 1 aliphatic heterocycles. The van der Waals surface area contributed by atoms with E-state index in [-0.39, 0.29) is 19.1 Å². The molecule has 7 heteroatoms. The third kappa shape index (κ3) is 4.03. The summed E-state index contributed by atoms with van der Waals surface area (Å²) in [4.78, 5) is 22.0. The Morgan fingerprint density at radius 1 is 1.50 bits per heavy atom. The molecule has 7 nitrogen and oxygen atoms in total. The lowest BCUT2D eigenvalue weighted by Gasteiger charge is -2.16. The van der Waals surface area contributed by atoms with Gasteiger partial charge in [0, 0.05) is 19.6 Å². The zero-order chi connectivity index (χ0) is 12.0. The molecule has 1 heterocycles. The Labute approximate surface area is 92.8 Å². The molecule has 0 spiro atoms. The van der Waals surface area contributed by atoms with E-state index in [1.54, 1.807) is 0 Å². The highest BCUT2D eigenvalue weighted by Gasteiger charge is 2.22. The lowest BCUT2D eigenvalue weighted by Crippen LogP contribution is -2.49. The number of aliphatic hydroxyl groups is 1. The van der Waals surface area contributed by atoms with Crippen molar-refractivity contribution in [1.82, 2.24) is 10.6 Å². The number of ether oxygens (including phenoxy) is 1. The molecule has 1 unspecified atom stereocenters. The second kappa shape index (κ2) is 6.29. The van der Waals surface area contributed by atoms with Crippen LogP contribution in [0.2, 0.25) is 0 Å². The van der Waals surface area contributed by atoms with E-state index in [9.17, 15) is 9.59 Å². The fourth-order valence-corrected chi connectivity index (χ4v) is 1.42. The standard InChI is InChI=1S/C9H16N2O5/c12-3-1-7(8(13)14)11-9(15)10-6-2-4-16-5-6/h6-7,12H,1-5H2,(H,13,14)(H2,10,11,15)/t6?,7-/m0/s1. The van der Waals surface area contributed by atoms with Crippen LogP contribution in [0.15, 0.2) is 0 Å². The van der Waals surface area contributed by atoms with Crippen molar-refractivity contribution in [3.8, 4) is 0 Å². The Hall–Kier alpha value is -1.34.